The lowest BCUT2D eigenvalue weighted by Crippen LogP contribution is -2.43. The van der Waals surface area contributed by atoms with Gasteiger partial charge in [-0.1, -0.05) is 70.4 Å². The van der Waals surface area contributed by atoms with Crippen molar-refractivity contribution in [1.29, 1.82) is 0 Å². The zero-order valence-electron chi connectivity index (χ0n) is 27.7. The van der Waals surface area contributed by atoms with Crippen molar-refractivity contribution in [2.24, 2.45) is 0 Å². The molecule has 0 rings (SSSR count). The lowest BCUT2D eigenvalue weighted by atomic mass is 10.1. The summed E-state index contributed by atoms with van der Waals surface area (Å²) in [6.07, 6.45) is 15.7. The van der Waals surface area contributed by atoms with Crippen LogP contribution >= 0.6 is 0 Å². The number of likely N-dealkylation sites (N-methyl/N-ethyl adjacent to an activating group) is 1. The van der Waals surface area contributed by atoms with E-state index >= 15 is 0 Å². The van der Waals surface area contributed by atoms with Crippen LogP contribution in [0, 0.1) is 0 Å². The van der Waals surface area contributed by atoms with Crippen LogP contribution in [0.3, 0.4) is 0 Å². The highest BCUT2D eigenvalue weighted by atomic mass is 16.5. The molecule has 0 aromatic rings. The second-order valence-electron chi connectivity index (χ2n) is 8.04. The Morgan fingerprint density at radius 1 is 0.900 bits per heavy atom. The number of aliphatic carboxylic acids is 1. The summed E-state index contributed by atoms with van der Waals surface area (Å²) in [7, 11) is 0. The van der Waals surface area contributed by atoms with Gasteiger partial charge in [-0.25, -0.2) is 0 Å². The summed E-state index contributed by atoms with van der Waals surface area (Å²) in [4.78, 5) is 23.7. The number of hydrogen-bond acceptors (Lipinski definition) is 3. The molecule has 0 aliphatic rings. The highest BCUT2D eigenvalue weighted by molar-refractivity contribution is 5.71. The Morgan fingerprint density at radius 2 is 1.43 bits per heavy atom. The molecule has 0 amide bonds. The number of hydrogen-bond donors (Lipinski definition) is 1. The maximum Gasteiger partial charge on any atom is 0.307 e. The molecule has 1 N–H and O–H groups in total. The number of quaternary nitrogens is 1. The van der Waals surface area contributed by atoms with Gasteiger partial charge in [-0.3, -0.25) is 9.59 Å². The zero-order valence-corrected chi connectivity index (χ0v) is 18.7. The van der Waals surface area contributed by atoms with E-state index < -0.39 is 56.4 Å². The van der Waals surface area contributed by atoms with E-state index in [1.807, 2.05) is 0 Å². The molecule has 0 unspecified atom stereocenters. The Kier molecular flexibility index (Phi) is 10.0. The molecule has 0 heterocycles. The van der Waals surface area contributed by atoms with Gasteiger partial charge in [0.2, 0.25) is 0 Å². The minimum atomic E-state index is -3.55. The molecule has 0 aromatic heterocycles. The van der Waals surface area contributed by atoms with Gasteiger partial charge >= 0.3 is 11.9 Å². The van der Waals surface area contributed by atoms with Crippen LogP contribution in [-0.4, -0.2) is 55.1 Å². The highest BCUT2D eigenvalue weighted by Crippen LogP contribution is 2.12. The number of nitrogens with zero attached hydrogens (tertiary/aromatic N) is 1. The fraction of sp³-hybridized carbons (Fsp3) is 0.840. The third kappa shape index (κ3) is 21.4. The maximum atomic E-state index is 12.4. The van der Waals surface area contributed by atoms with E-state index in [0.717, 1.165) is 38.5 Å². The van der Waals surface area contributed by atoms with Crippen LogP contribution in [0.15, 0.2) is 12.2 Å². The molecule has 0 spiro atoms. The van der Waals surface area contributed by atoms with E-state index in [1.165, 1.54) is 38.5 Å². The molecular weight excluding hydrogens is 378 g/mol. The molecular formula is C25H48NO4+. The predicted octanol–water partition coefficient (Wildman–Crippen LogP) is 6.12. The average Bonchev–Trinajstić information content (AvgIpc) is 2.77. The number of esters is 1. The Bertz CT molecular complexity index is 698. The van der Waals surface area contributed by atoms with Crippen molar-refractivity contribution in [3.63, 3.8) is 0 Å². The maximum absolute atomic E-state index is 12.4. The number of carbonyl (C=O) groups excluding carboxylic acids is 1. The summed E-state index contributed by atoms with van der Waals surface area (Å²) in [5.74, 6) is -2.30. The lowest BCUT2D eigenvalue weighted by molar-refractivity contribution is -0.873. The van der Waals surface area contributed by atoms with Crippen molar-refractivity contribution in [3.8, 4) is 0 Å². The summed E-state index contributed by atoms with van der Waals surface area (Å²) in [5, 5.41) is 9.19. The third-order valence-corrected chi connectivity index (χ3v) is 4.82. The summed E-state index contributed by atoms with van der Waals surface area (Å²) >= 11 is 0. The Balaban J connectivity index is 4.62. The minimum Gasteiger partial charge on any atom is -0.481 e. The SMILES string of the molecule is [2H]C([2H])([2H])[N+](C[C@@H](CC(=O)O)OC(=O)CCCCCCC/C=C\CCCCCCCC)(C([2H])([2H])[2H])C([2H])([2H])[2H]. The highest BCUT2D eigenvalue weighted by Gasteiger charge is 2.24. The van der Waals surface area contributed by atoms with Crippen LogP contribution in [0.25, 0.3) is 0 Å². The summed E-state index contributed by atoms with van der Waals surface area (Å²) in [6, 6.07) is 0. The van der Waals surface area contributed by atoms with Crippen molar-refractivity contribution in [2.75, 3.05) is 27.5 Å². The van der Waals surface area contributed by atoms with E-state index in [-0.39, 0.29) is 6.42 Å². The smallest absolute Gasteiger partial charge is 0.307 e. The van der Waals surface area contributed by atoms with E-state index in [9.17, 15) is 14.7 Å². The number of allylic oxidation sites excluding steroid dienone is 2. The fourth-order valence-corrected chi connectivity index (χ4v) is 3.23. The molecule has 1 atom stereocenters. The molecule has 0 saturated heterocycles. The summed E-state index contributed by atoms with van der Waals surface area (Å²) in [5.41, 5.74) is 0. The molecule has 0 saturated carbocycles. The summed E-state index contributed by atoms with van der Waals surface area (Å²) < 4.78 is 71.8. The van der Waals surface area contributed by atoms with Crippen LogP contribution in [0.1, 0.15) is 116 Å². The van der Waals surface area contributed by atoms with Crippen molar-refractivity contribution in [2.45, 2.75) is 109 Å². The number of carboxylic acids is 1. The number of carbonyl (C=O) groups is 2. The number of unbranched alkanes of at least 4 members (excludes halogenated alkanes) is 11. The Hall–Kier alpha value is -1.36. The van der Waals surface area contributed by atoms with Gasteiger partial charge in [-0.2, -0.15) is 0 Å². The molecule has 0 aromatic carbocycles. The molecule has 0 radical (unpaired) electrons. The van der Waals surface area contributed by atoms with E-state index in [2.05, 4.69) is 19.1 Å². The molecule has 5 heteroatoms. The molecule has 0 fully saturated rings. The van der Waals surface area contributed by atoms with Gasteiger partial charge < -0.3 is 14.3 Å². The molecule has 0 aliphatic carbocycles. The van der Waals surface area contributed by atoms with Crippen LogP contribution < -0.4 is 0 Å². The van der Waals surface area contributed by atoms with Gasteiger partial charge in [0, 0.05) is 6.42 Å². The number of ether oxygens (including phenoxy) is 1. The quantitative estimate of drug-likeness (QED) is 0.108. The molecule has 0 aliphatic heterocycles. The average molecular weight is 436 g/mol. The van der Waals surface area contributed by atoms with Gasteiger partial charge in [0.1, 0.15) is 6.54 Å². The number of rotatable bonds is 20. The van der Waals surface area contributed by atoms with E-state index in [0.29, 0.717) is 6.42 Å². The minimum absolute atomic E-state index is 0.0659. The van der Waals surface area contributed by atoms with Gasteiger partial charge in [0.25, 0.3) is 0 Å². The zero-order chi connectivity index (χ0) is 30.2. The van der Waals surface area contributed by atoms with Gasteiger partial charge in [0.15, 0.2) is 6.10 Å². The standard InChI is InChI=1S/C25H47NO4/c1-5-6-7-8-9-10-11-12-13-14-15-16-17-18-19-20-25(29)30-23(21-24(27)28)22-26(2,3)4/h12-13,23H,5-11,14-22H2,1-4H3/p+1/b13-12-/t23-/m1/s1/i2D3,3D3,4D3. The molecule has 0 bridgehead atoms. The second-order valence-corrected chi connectivity index (χ2v) is 8.04. The fourth-order valence-electron chi connectivity index (χ4n) is 3.23. The van der Waals surface area contributed by atoms with Crippen molar-refractivity contribution < 1.29 is 36.3 Å². The normalized spacial score (nSPS) is 18.6. The topological polar surface area (TPSA) is 63.6 Å². The monoisotopic (exact) mass is 435 g/mol. The van der Waals surface area contributed by atoms with Crippen LogP contribution in [-0.2, 0) is 14.3 Å². The second kappa shape index (κ2) is 18.4. The first-order valence-corrected chi connectivity index (χ1v) is 11.4. The first-order valence-electron chi connectivity index (χ1n) is 15.9. The van der Waals surface area contributed by atoms with Gasteiger partial charge in [0.05, 0.1) is 39.7 Å². The van der Waals surface area contributed by atoms with E-state index in [1.54, 1.807) is 0 Å². The molecule has 30 heavy (non-hydrogen) atoms. The van der Waals surface area contributed by atoms with Crippen LogP contribution in [0.5, 0.6) is 0 Å². The molecule has 5 nitrogen and oxygen atoms in total. The summed E-state index contributed by atoms with van der Waals surface area (Å²) in [6.45, 7) is -9.66. The Labute approximate surface area is 198 Å². The van der Waals surface area contributed by atoms with E-state index in [4.69, 9.17) is 17.1 Å². The van der Waals surface area contributed by atoms with Crippen molar-refractivity contribution in [1.82, 2.24) is 0 Å². The van der Waals surface area contributed by atoms with Gasteiger partial charge in [-0.05, 0) is 32.1 Å². The third-order valence-electron chi connectivity index (χ3n) is 4.82. The lowest BCUT2D eigenvalue weighted by Gasteiger charge is -2.28. The van der Waals surface area contributed by atoms with Crippen LogP contribution in [0.2, 0.25) is 0 Å². The largest absolute Gasteiger partial charge is 0.481 e. The number of carboxylic acid groups (broad SMARTS) is 1. The van der Waals surface area contributed by atoms with Crippen molar-refractivity contribution in [3.05, 3.63) is 12.2 Å². The predicted molar refractivity (Wildman–Crippen MR) is 124 cm³/mol. The van der Waals surface area contributed by atoms with Crippen LogP contribution in [0.4, 0.5) is 0 Å². The van der Waals surface area contributed by atoms with Gasteiger partial charge in [-0.15, -0.1) is 0 Å². The van der Waals surface area contributed by atoms with Crippen molar-refractivity contribution >= 4 is 11.9 Å². The first-order chi connectivity index (χ1) is 18.0. The first kappa shape index (κ1) is 16.3. The Morgan fingerprint density at radius 3 is 1.97 bits per heavy atom. The molecule has 176 valence electrons.